The first-order valence-electron chi connectivity index (χ1n) is 7.11. The number of nitrogens with zero attached hydrogens (tertiary/aromatic N) is 6. The molecule has 0 aliphatic rings. The maximum atomic E-state index is 8.76. The lowest BCUT2D eigenvalue weighted by Crippen LogP contribution is -2.00. The van der Waals surface area contributed by atoms with Crippen LogP contribution in [-0.4, -0.2) is 24.7 Å². The van der Waals surface area contributed by atoms with Crippen LogP contribution in [0.5, 0.6) is 0 Å². The van der Waals surface area contributed by atoms with Crippen molar-refractivity contribution in [2.24, 2.45) is 0 Å². The molecule has 0 unspecified atom stereocenters. The van der Waals surface area contributed by atoms with Gasteiger partial charge in [0.25, 0.3) is 0 Å². The van der Waals surface area contributed by atoms with Gasteiger partial charge in [0.15, 0.2) is 16.7 Å². The summed E-state index contributed by atoms with van der Waals surface area (Å²) >= 11 is 1.38. The summed E-state index contributed by atoms with van der Waals surface area (Å²) in [5.41, 5.74) is 2.54. The predicted molar refractivity (Wildman–Crippen MR) is 86.7 cm³/mol. The van der Waals surface area contributed by atoms with Crippen LogP contribution in [0.1, 0.15) is 18.2 Å². The van der Waals surface area contributed by atoms with Gasteiger partial charge < -0.3 is 4.57 Å². The van der Waals surface area contributed by atoms with E-state index in [1.807, 2.05) is 22.8 Å². The molecule has 3 rings (SSSR count). The largest absolute Gasteiger partial charge is 0.302 e. The Kier molecular flexibility index (Phi) is 4.35. The van der Waals surface area contributed by atoms with Crippen molar-refractivity contribution in [3.05, 3.63) is 47.9 Å². The summed E-state index contributed by atoms with van der Waals surface area (Å²) < 4.78 is 2.04. The molecule has 114 valence electrons. The maximum absolute atomic E-state index is 8.76. The molecule has 1 aromatic carbocycles. The third-order valence-corrected chi connectivity index (χ3v) is 4.19. The molecule has 0 radical (unpaired) electrons. The van der Waals surface area contributed by atoms with Crippen molar-refractivity contribution >= 4 is 11.8 Å². The standard InChI is InChI=1S/C16H14N6S/c1-3-22-15(12-6-4-11(2)5-7-12)20-21-16(22)23-14-10-18-13(8-17)9-19-14/h4-7,9-10H,3H2,1-2H3. The van der Waals surface area contributed by atoms with Crippen molar-refractivity contribution in [2.75, 3.05) is 0 Å². The lowest BCUT2D eigenvalue weighted by atomic mass is 10.1. The van der Waals surface area contributed by atoms with Crippen LogP contribution in [0.25, 0.3) is 11.4 Å². The summed E-state index contributed by atoms with van der Waals surface area (Å²) in [7, 11) is 0. The molecular formula is C16H14N6S. The van der Waals surface area contributed by atoms with Crippen molar-refractivity contribution in [1.82, 2.24) is 24.7 Å². The lowest BCUT2D eigenvalue weighted by molar-refractivity contribution is 0.686. The minimum Gasteiger partial charge on any atom is -0.302 e. The number of nitriles is 1. The van der Waals surface area contributed by atoms with Gasteiger partial charge in [0, 0.05) is 12.1 Å². The van der Waals surface area contributed by atoms with E-state index in [1.165, 1.54) is 23.5 Å². The predicted octanol–water partition coefficient (Wildman–Crippen LogP) is 3.09. The second kappa shape index (κ2) is 6.58. The molecule has 0 fully saturated rings. The first kappa shape index (κ1) is 15.2. The molecule has 0 atom stereocenters. The monoisotopic (exact) mass is 322 g/mol. The van der Waals surface area contributed by atoms with Gasteiger partial charge in [-0.3, -0.25) is 0 Å². The third kappa shape index (κ3) is 3.22. The van der Waals surface area contributed by atoms with Gasteiger partial charge in [-0.15, -0.1) is 10.2 Å². The Morgan fingerprint density at radius 2 is 1.91 bits per heavy atom. The molecule has 0 saturated carbocycles. The van der Waals surface area contributed by atoms with Crippen LogP contribution in [-0.2, 0) is 6.54 Å². The van der Waals surface area contributed by atoms with Crippen LogP contribution in [0, 0.1) is 18.3 Å². The number of benzene rings is 1. The zero-order valence-electron chi connectivity index (χ0n) is 12.8. The Hall–Kier alpha value is -2.72. The number of rotatable bonds is 4. The van der Waals surface area contributed by atoms with Gasteiger partial charge >= 0.3 is 0 Å². The highest BCUT2D eigenvalue weighted by Crippen LogP contribution is 2.28. The van der Waals surface area contributed by atoms with Crippen molar-refractivity contribution < 1.29 is 0 Å². The molecule has 0 aliphatic heterocycles. The second-order valence-corrected chi connectivity index (χ2v) is 5.86. The van der Waals surface area contributed by atoms with E-state index < -0.39 is 0 Å². The van der Waals surface area contributed by atoms with Gasteiger partial charge in [0.05, 0.1) is 12.4 Å². The van der Waals surface area contributed by atoms with Crippen molar-refractivity contribution in [3.63, 3.8) is 0 Å². The maximum Gasteiger partial charge on any atom is 0.197 e. The molecule has 0 aliphatic carbocycles. The summed E-state index contributed by atoms with van der Waals surface area (Å²) in [4.78, 5) is 8.23. The summed E-state index contributed by atoms with van der Waals surface area (Å²) in [6.07, 6.45) is 3.03. The SMILES string of the molecule is CCn1c(Sc2cnc(C#N)cn2)nnc1-c1ccc(C)cc1. The first-order chi connectivity index (χ1) is 11.2. The van der Waals surface area contributed by atoms with Crippen LogP contribution >= 0.6 is 11.8 Å². The smallest absolute Gasteiger partial charge is 0.197 e. The summed E-state index contributed by atoms with van der Waals surface area (Å²) in [5, 5.41) is 18.8. The second-order valence-electron chi connectivity index (χ2n) is 4.87. The molecule has 7 heteroatoms. The summed E-state index contributed by atoms with van der Waals surface area (Å²) in [5.74, 6) is 0.830. The highest BCUT2D eigenvalue weighted by molar-refractivity contribution is 7.99. The normalized spacial score (nSPS) is 10.5. The summed E-state index contributed by atoms with van der Waals surface area (Å²) in [6, 6.07) is 10.2. The van der Waals surface area contributed by atoms with Crippen LogP contribution < -0.4 is 0 Å². The Balaban J connectivity index is 1.91. The van der Waals surface area contributed by atoms with E-state index in [4.69, 9.17) is 5.26 Å². The minimum absolute atomic E-state index is 0.298. The fourth-order valence-electron chi connectivity index (χ4n) is 2.09. The number of aromatic nitrogens is 5. The summed E-state index contributed by atoms with van der Waals surface area (Å²) in [6.45, 7) is 4.86. The fraction of sp³-hybridized carbons (Fsp3) is 0.188. The zero-order valence-corrected chi connectivity index (χ0v) is 13.6. The van der Waals surface area contributed by atoms with E-state index >= 15 is 0 Å². The molecule has 6 nitrogen and oxygen atoms in total. The first-order valence-corrected chi connectivity index (χ1v) is 7.93. The Labute approximate surface area is 138 Å². The molecule has 3 aromatic rings. The lowest BCUT2D eigenvalue weighted by Gasteiger charge is -2.07. The van der Waals surface area contributed by atoms with Gasteiger partial charge in [-0.2, -0.15) is 5.26 Å². The topological polar surface area (TPSA) is 80.3 Å². The van der Waals surface area contributed by atoms with E-state index in [1.54, 1.807) is 6.20 Å². The highest BCUT2D eigenvalue weighted by atomic mass is 32.2. The number of hydrogen-bond donors (Lipinski definition) is 0. The van der Waals surface area contributed by atoms with E-state index in [0.29, 0.717) is 10.7 Å². The molecule has 23 heavy (non-hydrogen) atoms. The number of aryl methyl sites for hydroxylation is 1. The molecule has 0 saturated heterocycles. The molecule has 2 aromatic heterocycles. The van der Waals surface area contributed by atoms with Crippen LogP contribution in [0.4, 0.5) is 0 Å². The zero-order chi connectivity index (χ0) is 16.2. The molecule has 0 N–H and O–H groups in total. The van der Waals surface area contributed by atoms with Crippen LogP contribution in [0.2, 0.25) is 0 Å². The van der Waals surface area contributed by atoms with E-state index in [-0.39, 0.29) is 0 Å². The van der Waals surface area contributed by atoms with Crippen LogP contribution in [0.15, 0.2) is 46.8 Å². The van der Waals surface area contributed by atoms with Gasteiger partial charge in [-0.25, -0.2) is 9.97 Å². The quantitative estimate of drug-likeness (QED) is 0.734. The Morgan fingerprint density at radius 1 is 1.13 bits per heavy atom. The third-order valence-electron chi connectivity index (χ3n) is 3.28. The highest BCUT2D eigenvalue weighted by Gasteiger charge is 2.14. The van der Waals surface area contributed by atoms with E-state index in [2.05, 4.69) is 46.1 Å². The minimum atomic E-state index is 0.298. The van der Waals surface area contributed by atoms with E-state index in [0.717, 1.165) is 23.1 Å². The van der Waals surface area contributed by atoms with Crippen molar-refractivity contribution in [3.8, 4) is 17.5 Å². The fourth-order valence-corrected chi connectivity index (χ4v) is 2.89. The Morgan fingerprint density at radius 3 is 2.52 bits per heavy atom. The van der Waals surface area contributed by atoms with E-state index in [9.17, 15) is 0 Å². The van der Waals surface area contributed by atoms with Crippen molar-refractivity contribution in [2.45, 2.75) is 30.6 Å². The molecular weight excluding hydrogens is 308 g/mol. The van der Waals surface area contributed by atoms with Gasteiger partial charge in [0.1, 0.15) is 11.1 Å². The molecule has 0 spiro atoms. The molecule has 2 heterocycles. The molecule has 0 bridgehead atoms. The van der Waals surface area contributed by atoms with Gasteiger partial charge in [0.2, 0.25) is 0 Å². The van der Waals surface area contributed by atoms with Crippen LogP contribution in [0.3, 0.4) is 0 Å². The average Bonchev–Trinajstić information content (AvgIpc) is 2.99. The van der Waals surface area contributed by atoms with Gasteiger partial charge in [-0.1, -0.05) is 29.8 Å². The van der Waals surface area contributed by atoms with Gasteiger partial charge in [-0.05, 0) is 25.6 Å². The Bertz CT molecular complexity index is 846. The van der Waals surface area contributed by atoms with Crippen molar-refractivity contribution in [1.29, 1.82) is 5.26 Å². The molecule has 0 amide bonds. The number of hydrogen-bond acceptors (Lipinski definition) is 6. The average molecular weight is 322 g/mol.